The highest BCUT2D eigenvalue weighted by atomic mass is 35.5. The van der Waals surface area contributed by atoms with Crippen molar-refractivity contribution < 1.29 is 9.53 Å². The zero-order chi connectivity index (χ0) is 18.2. The number of aryl methyl sites for hydroxylation is 1. The van der Waals surface area contributed by atoms with Crippen LogP contribution in [0, 0.1) is 6.92 Å². The van der Waals surface area contributed by atoms with Crippen molar-refractivity contribution in [2.45, 2.75) is 19.8 Å². The molecule has 2 aromatic carbocycles. The van der Waals surface area contributed by atoms with Crippen LogP contribution in [0.4, 0.5) is 5.69 Å². The van der Waals surface area contributed by atoms with Gasteiger partial charge in [0.2, 0.25) is 5.91 Å². The maximum atomic E-state index is 11.9. The van der Waals surface area contributed by atoms with Crippen LogP contribution < -0.4 is 15.4 Å². The third-order valence-corrected chi connectivity index (χ3v) is 4.18. The maximum absolute atomic E-state index is 11.9. The van der Waals surface area contributed by atoms with Crippen molar-refractivity contribution in [3.63, 3.8) is 0 Å². The van der Waals surface area contributed by atoms with E-state index < -0.39 is 0 Å². The van der Waals surface area contributed by atoms with E-state index in [4.69, 9.17) is 40.2 Å². The topological polar surface area (TPSA) is 50.4 Å². The summed E-state index contributed by atoms with van der Waals surface area (Å²) in [5.41, 5.74) is 1.70. The van der Waals surface area contributed by atoms with Gasteiger partial charge in [-0.15, -0.1) is 0 Å². The van der Waals surface area contributed by atoms with Gasteiger partial charge in [0.25, 0.3) is 0 Å². The average Bonchev–Trinajstić information content (AvgIpc) is 2.56. The van der Waals surface area contributed by atoms with E-state index in [9.17, 15) is 4.79 Å². The van der Waals surface area contributed by atoms with Crippen LogP contribution in [0.5, 0.6) is 5.75 Å². The first-order valence-electron chi connectivity index (χ1n) is 7.69. The van der Waals surface area contributed by atoms with Gasteiger partial charge in [0.15, 0.2) is 5.11 Å². The summed E-state index contributed by atoms with van der Waals surface area (Å²) in [6.45, 7) is 2.35. The summed E-state index contributed by atoms with van der Waals surface area (Å²) in [5, 5.41) is 7.10. The van der Waals surface area contributed by atoms with Crippen LogP contribution in [-0.4, -0.2) is 17.6 Å². The van der Waals surface area contributed by atoms with Crippen LogP contribution in [0.2, 0.25) is 10.0 Å². The smallest absolute Gasteiger partial charge is 0.226 e. The van der Waals surface area contributed by atoms with Gasteiger partial charge in [-0.25, -0.2) is 0 Å². The second-order valence-electron chi connectivity index (χ2n) is 5.37. The molecule has 0 aliphatic heterocycles. The number of benzene rings is 2. The lowest BCUT2D eigenvalue weighted by atomic mass is 10.2. The number of carbonyl (C=O) groups is 1. The number of amides is 1. The number of nitrogens with one attached hydrogen (secondary N) is 2. The van der Waals surface area contributed by atoms with Gasteiger partial charge >= 0.3 is 0 Å². The van der Waals surface area contributed by atoms with E-state index in [-0.39, 0.29) is 11.0 Å². The van der Waals surface area contributed by atoms with Crippen LogP contribution in [0.3, 0.4) is 0 Å². The normalized spacial score (nSPS) is 10.2. The van der Waals surface area contributed by atoms with Gasteiger partial charge in [0.1, 0.15) is 5.75 Å². The quantitative estimate of drug-likeness (QED) is 0.534. The average molecular weight is 397 g/mol. The minimum Gasteiger partial charge on any atom is -0.494 e. The second-order valence-corrected chi connectivity index (χ2v) is 6.62. The highest BCUT2D eigenvalue weighted by Crippen LogP contribution is 2.20. The first-order chi connectivity index (χ1) is 11.9. The highest BCUT2D eigenvalue weighted by Gasteiger charge is 2.06. The summed E-state index contributed by atoms with van der Waals surface area (Å²) >= 11 is 17.0. The molecule has 4 nitrogen and oxygen atoms in total. The Balaban J connectivity index is 1.67. The first kappa shape index (κ1) is 19.5. The van der Waals surface area contributed by atoms with Gasteiger partial charge in [-0.05, 0) is 67.5 Å². The summed E-state index contributed by atoms with van der Waals surface area (Å²) in [4.78, 5) is 11.9. The van der Waals surface area contributed by atoms with Crippen LogP contribution in [0.25, 0.3) is 0 Å². The summed E-state index contributed by atoms with van der Waals surface area (Å²) in [7, 11) is 0. The monoisotopic (exact) mass is 396 g/mol. The van der Waals surface area contributed by atoms with E-state index in [0.717, 1.165) is 17.0 Å². The highest BCUT2D eigenvalue weighted by molar-refractivity contribution is 7.80. The lowest BCUT2D eigenvalue weighted by molar-refractivity contribution is -0.119. The molecular weight excluding hydrogens is 379 g/mol. The van der Waals surface area contributed by atoms with Crippen molar-refractivity contribution in [1.82, 2.24) is 5.32 Å². The summed E-state index contributed by atoms with van der Waals surface area (Å²) in [6.07, 6.45) is 0.886. The Hall–Kier alpha value is -1.82. The minimum atomic E-state index is -0.171. The number of hydrogen-bond donors (Lipinski definition) is 2. The number of ether oxygens (including phenoxy) is 1. The molecule has 0 heterocycles. The number of thiocarbonyl (C=S) groups is 1. The summed E-state index contributed by atoms with van der Waals surface area (Å²) in [5.74, 6) is 0.550. The molecule has 1 amide bonds. The van der Waals surface area contributed by atoms with Crippen LogP contribution in [0.1, 0.15) is 18.4 Å². The molecule has 0 aliphatic carbocycles. The predicted molar refractivity (Wildman–Crippen MR) is 107 cm³/mol. The van der Waals surface area contributed by atoms with Crippen molar-refractivity contribution in [2.24, 2.45) is 0 Å². The van der Waals surface area contributed by atoms with Crippen molar-refractivity contribution >= 4 is 52.1 Å². The number of rotatable bonds is 6. The Bertz CT molecular complexity index is 751. The molecule has 132 valence electrons. The third-order valence-electron chi connectivity index (χ3n) is 3.31. The van der Waals surface area contributed by atoms with Gasteiger partial charge < -0.3 is 15.4 Å². The van der Waals surface area contributed by atoms with E-state index in [1.807, 2.05) is 19.1 Å². The molecule has 0 unspecified atom stereocenters. The van der Waals surface area contributed by atoms with Gasteiger partial charge in [-0.3, -0.25) is 4.79 Å². The van der Waals surface area contributed by atoms with E-state index in [2.05, 4.69) is 10.6 Å². The molecular formula is C18H18Cl2N2O2S. The van der Waals surface area contributed by atoms with Crippen molar-refractivity contribution in [2.75, 3.05) is 11.9 Å². The number of halogens is 2. The summed E-state index contributed by atoms with van der Waals surface area (Å²) < 4.78 is 5.53. The van der Waals surface area contributed by atoms with Gasteiger partial charge in [-0.2, -0.15) is 0 Å². The Morgan fingerprint density at radius 3 is 2.56 bits per heavy atom. The van der Waals surface area contributed by atoms with E-state index in [0.29, 0.717) is 29.5 Å². The van der Waals surface area contributed by atoms with Gasteiger partial charge in [0, 0.05) is 22.2 Å². The van der Waals surface area contributed by atoms with Crippen molar-refractivity contribution in [3.8, 4) is 5.75 Å². The molecule has 0 saturated carbocycles. The Morgan fingerprint density at radius 1 is 1.16 bits per heavy atom. The first-order valence-corrected chi connectivity index (χ1v) is 8.86. The number of anilines is 1. The predicted octanol–water partition coefficient (Wildman–Crippen LogP) is 4.97. The van der Waals surface area contributed by atoms with Gasteiger partial charge in [-0.1, -0.05) is 29.3 Å². The second kappa shape index (κ2) is 9.61. The molecule has 0 aromatic heterocycles. The molecule has 0 fully saturated rings. The molecule has 0 bridgehead atoms. The van der Waals surface area contributed by atoms with E-state index >= 15 is 0 Å². The molecule has 0 aliphatic rings. The fraction of sp³-hybridized carbons (Fsp3) is 0.222. The van der Waals surface area contributed by atoms with Crippen molar-refractivity contribution in [1.29, 1.82) is 0 Å². The largest absolute Gasteiger partial charge is 0.494 e. The Kier molecular flexibility index (Phi) is 7.50. The third kappa shape index (κ3) is 6.90. The molecule has 2 aromatic rings. The van der Waals surface area contributed by atoms with Crippen molar-refractivity contribution in [3.05, 3.63) is 58.1 Å². The SMILES string of the molecule is Cc1ccc(NC(=S)NC(=O)CCCOc2ccc(Cl)cc2)cc1Cl. The molecule has 7 heteroatoms. The molecule has 0 saturated heterocycles. The molecule has 0 atom stereocenters. The lowest BCUT2D eigenvalue weighted by Crippen LogP contribution is -2.34. The van der Waals surface area contributed by atoms with Crippen LogP contribution >= 0.6 is 35.4 Å². The zero-order valence-corrected chi connectivity index (χ0v) is 16.0. The molecule has 2 rings (SSSR count). The number of carbonyl (C=O) groups excluding carboxylic acids is 1. The fourth-order valence-corrected chi connectivity index (χ4v) is 2.51. The molecule has 0 radical (unpaired) electrons. The Morgan fingerprint density at radius 2 is 1.88 bits per heavy atom. The standard InChI is InChI=1S/C18H18Cl2N2O2S/c1-12-4-7-14(11-16(12)20)21-18(25)22-17(23)3-2-10-24-15-8-5-13(19)6-9-15/h4-9,11H,2-3,10H2,1H3,(H2,21,22,23,25). The minimum absolute atomic E-state index is 0.171. The molecule has 2 N–H and O–H groups in total. The van der Waals surface area contributed by atoms with E-state index in [1.54, 1.807) is 30.3 Å². The van der Waals surface area contributed by atoms with Gasteiger partial charge in [0.05, 0.1) is 6.61 Å². The van der Waals surface area contributed by atoms with Crippen LogP contribution in [-0.2, 0) is 4.79 Å². The molecule has 0 spiro atoms. The lowest BCUT2D eigenvalue weighted by Gasteiger charge is -2.11. The maximum Gasteiger partial charge on any atom is 0.226 e. The number of hydrogen-bond acceptors (Lipinski definition) is 3. The van der Waals surface area contributed by atoms with E-state index in [1.165, 1.54) is 0 Å². The molecule has 25 heavy (non-hydrogen) atoms. The fourth-order valence-electron chi connectivity index (χ4n) is 1.98. The summed E-state index contributed by atoms with van der Waals surface area (Å²) in [6, 6.07) is 12.6. The zero-order valence-electron chi connectivity index (χ0n) is 13.6. The Labute approximate surface area is 162 Å². The van der Waals surface area contributed by atoms with Crippen LogP contribution in [0.15, 0.2) is 42.5 Å².